The first-order valence-corrected chi connectivity index (χ1v) is 8.33. The molecule has 0 aliphatic carbocycles. The molecule has 1 aliphatic heterocycles. The third-order valence-electron chi connectivity index (χ3n) is 3.12. The standard InChI is InChI=1S/C11H21N3O4S/c1-3-9-10(15)13-5-6-14(9)11(16)8(12)4-7-19(2,17)18/h8-9H,3-7,12H2,1-2H3,(H,13,15). The number of carbonyl (C=O) groups is 2. The van der Waals surface area contributed by atoms with Gasteiger partial charge >= 0.3 is 0 Å². The van der Waals surface area contributed by atoms with Crippen molar-refractivity contribution in [2.75, 3.05) is 25.1 Å². The lowest BCUT2D eigenvalue weighted by molar-refractivity contribution is -0.144. The Kier molecular flexibility index (Phi) is 5.30. The maximum absolute atomic E-state index is 12.2. The third kappa shape index (κ3) is 4.46. The Morgan fingerprint density at radius 2 is 2.21 bits per heavy atom. The van der Waals surface area contributed by atoms with E-state index >= 15 is 0 Å². The van der Waals surface area contributed by atoms with Gasteiger partial charge in [-0.15, -0.1) is 0 Å². The zero-order valence-corrected chi connectivity index (χ0v) is 12.1. The Labute approximate surface area is 113 Å². The predicted molar refractivity (Wildman–Crippen MR) is 71.1 cm³/mol. The number of nitrogens with zero attached hydrogens (tertiary/aromatic N) is 1. The first kappa shape index (κ1) is 15.9. The van der Waals surface area contributed by atoms with Gasteiger partial charge in [0.2, 0.25) is 11.8 Å². The highest BCUT2D eigenvalue weighted by Crippen LogP contribution is 2.11. The van der Waals surface area contributed by atoms with E-state index in [4.69, 9.17) is 5.73 Å². The van der Waals surface area contributed by atoms with Crippen molar-refractivity contribution < 1.29 is 18.0 Å². The molecule has 1 aliphatic rings. The lowest BCUT2D eigenvalue weighted by Crippen LogP contribution is -2.60. The van der Waals surface area contributed by atoms with E-state index in [0.29, 0.717) is 19.5 Å². The van der Waals surface area contributed by atoms with Crippen LogP contribution < -0.4 is 11.1 Å². The number of carbonyl (C=O) groups excluding carboxylic acids is 2. The summed E-state index contributed by atoms with van der Waals surface area (Å²) in [6, 6.07) is -1.39. The number of sulfone groups is 1. The highest BCUT2D eigenvalue weighted by molar-refractivity contribution is 7.90. The fourth-order valence-electron chi connectivity index (χ4n) is 2.06. The first-order valence-electron chi connectivity index (χ1n) is 6.27. The minimum Gasteiger partial charge on any atom is -0.353 e. The lowest BCUT2D eigenvalue weighted by atomic mass is 10.1. The van der Waals surface area contributed by atoms with Gasteiger partial charge in [0, 0.05) is 19.3 Å². The highest BCUT2D eigenvalue weighted by Gasteiger charge is 2.33. The molecule has 1 rings (SSSR count). The minimum atomic E-state index is -3.14. The highest BCUT2D eigenvalue weighted by atomic mass is 32.2. The number of nitrogens with one attached hydrogen (secondary N) is 1. The number of piperazine rings is 1. The number of nitrogens with two attached hydrogens (primary N) is 1. The lowest BCUT2D eigenvalue weighted by Gasteiger charge is -2.36. The Balaban J connectivity index is 2.67. The van der Waals surface area contributed by atoms with Crippen LogP contribution in [-0.4, -0.2) is 62.3 Å². The maximum Gasteiger partial charge on any atom is 0.242 e. The van der Waals surface area contributed by atoms with Crippen molar-refractivity contribution in [2.45, 2.75) is 31.8 Å². The second-order valence-electron chi connectivity index (χ2n) is 4.77. The van der Waals surface area contributed by atoms with E-state index in [0.717, 1.165) is 6.26 Å². The van der Waals surface area contributed by atoms with Crippen molar-refractivity contribution in [1.82, 2.24) is 10.2 Å². The van der Waals surface area contributed by atoms with Gasteiger partial charge in [0.15, 0.2) is 0 Å². The summed E-state index contributed by atoms with van der Waals surface area (Å²) in [7, 11) is -3.14. The van der Waals surface area contributed by atoms with E-state index in [1.807, 2.05) is 6.92 Å². The van der Waals surface area contributed by atoms with Gasteiger partial charge in [-0.25, -0.2) is 8.42 Å². The quantitative estimate of drug-likeness (QED) is 0.639. The molecule has 3 N–H and O–H groups in total. The monoisotopic (exact) mass is 291 g/mol. The number of hydrogen-bond donors (Lipinski definition) is 2. The van der Waals surface area contributed by atoms with Gasteiger partial charge in [-0.05, 0) is 12.8 Å². The van der Waals surface area contributed by atoms with Crippen molar-refractivity contribution in [2.24, 2.45) is 5.73 Å². The van der Waals surface area contributed by atoms with E-state index in [2.05, 4.69) is 5.32 Å². The molecule has 0 aromatic rings. The summed E-state index contributed by atoms with van der Waals surface area (Å²) in [5.74, 6) is -0.667. The molecule has 110 valence electrons. The average Bonchev–Trinajstić information content (AvgIpc) is 2.33. The normalized spacial score (nSPS) is 21.9. The summed E-state index contributed by atoms with van der Waals surface area (Å²) in [6.07, 6.45) is 1.69. The van der Waals surface area contributed by atoms with Gasteiger partial charge in [0.05, 0.1) is 11.8 Å². The van der Waals surface area contributed by atoms with Crippen LogP contribution in [0.1, 0.15) is 19.8 Å². The van der Waals surface area contributed by atoms with Crippen molar-refractivity contribution in [3.63, 3.8) is 0 Å². The molecule has 7 nitrogen and oxygen atoms in total. The van der Waals surface area contributed by atoms with Crippen LogP contribution in [0, 0.1) is 0 Å². The van der Waals surface area contributed by atoms with E-state index in [-0.39, 0.29) is 24.0 Å². The van der Waals surface area contributed by atoms with Crippen LogP contribution in [-0.2, 0) is 19.4 Å². The Morgan fingerprint density at radius 3 is 2.74 bits per heavy atom. The van der Waals surface area contributed by atoms with Crippen LogP contribution in [0.3, 0.4) is 0 Å². The van der Waals surface area contributed by atoms with Gasteiger partial charge in [0.1, 0.15) is 15.9 Å². The van der Waals surface area contributed by atoms with Gasteiger partial charge in [0.25, 0.3) is 0 Å². The van der Waals surface area contributed by atoms with Crippen LogP contribution in [0.25, 0.3) is 0 Å². The fourth-order valence-corrected chi connectivity index (χ4v) is 2.74. The average molecular weight is 291 g/mol. The van der Waals surface area contributed by atoms with Crippen LogP contribution in [0.2, 0.25) is 0 Å². The molecule has 1 saturated heterocycles. The number of rotatable bonds is 5. The molecule has 8 heteroatoms. The summed E-state index contributed by atoms with van der Waals surface area (Å²) in [5, 5.41) is 2.69. The summed E-state index contributed by atoms with van der Waals surface area (Å²) < 4.78 is 22.1. The predicted octanol–water partition coefficient (Wildman–Crippen LogP) is -1.51. The third-order valence-corrected chi connectivity index (χ3v) is 4.09. The molecule has 0 saturated carbocycles. The van der Waals surface area contributed by atoms with E-state index in [1.165, 1.54) is 4.90 Å². The van der Waals surface area contributed by atoms with Gasteiger partial charge in [-0.2, -0.15) is 0 Å². The molecule has 1 heterocycles. The maximum atomic E-state index is 12.2. The van der Waals surface area contributed by atoms with E-state index < -0.39 is 21.9 Å². The molecule has 2 unspecified atom stereocenters. The molecule has 0 spiro atoms. The van der Waals surface area contributed by atoms with Crippen molar-refractivity contribution in [3.05, 3.63) is 0 Å². The Bertz CT molecular complexity index is 449. The molecule has 19 heavy (non-hydrogen) atoms. The molecule has 2 amide bonds. The molecule has 2 atom stereocenters. The Hall–Kier alpha value is -1.15. The van der Waals surface area contributed by atoms with Gasteiger partial charge in [-0.3, -0.25) is 9.59 Å². The molecule has 0 radical (unpaired) electrons. The molecule has 0 aromatic heterocycles. The van der Waals surface area contributed by atoms with Crippen molar-refractivity contribution in [1.29, 1.82) is 0 Å². The number of amides is 2. The van der Waals surface area contributed by atoms with Crippen LogP contribution in [0.5, 0.6) is 0 Å². The van der Waals surface area contributed by atoms with Crippen LogP contribution in [0.4, 0.5) is 0 Å². The minimum absolute atomic E-state index is 0.0756. The largest absolute Gasteiger partial charge is 0.353 e. The molecular weight excluding hydrogens is 270 g/mol. The van der Waals surface area contributed by atoms with Crippen molar-refractivity contribution in [3.8, 4) is 0 Å². The van der Waals surface area contributed by atoms with E-state index in [9.17, 15) is 18.0 Å². The van der Waals surface area contributed by atoms with Gasteiger partial charge < -0.3 is 16.0 Å². The van der Waals surface area contributed by atoms with Crippen LogP contribution in [0.15, 0.2) is 0 Å². The van der Waals surface area contributed by atoms with Crippen LogP contribution >= 0.6 is 0 Å². The smallest absolute Gasteiger partial charge is 0.242 e. The SMILES string of the molecule is CCC1C(=O)NCCN1C(=O)C(N)CCS(C)(=O)=O. The Morgan fingerprint density at radius 1 is 1.58 bits per heavy atom. The zero-order chi connectivity index (χ0) is 14.6. The number of hydrogen-bond acceptors (Lipinski definition) is 5. The second kappa shape index (κ2) is 6.33. The zero-order valence-electron chi connectivity index (χ0n) is 11.3. The van der Waals surface area contributed by atoms with E-state index in [1.54, 1.807) is 0 Å². The summed E-state index contributed by atoms with van der Waals surface area (Å²) in [6.45, 7) is 2.63. The molecule has 0 bridgehead atoms. The first-order chi connectivity index (χ1) is 8.76. The second-order valence-corrected chi connectivity index (χ2v) is 7.03. The summed E-state index contributed by atoms with van der Waals surface area (Å²) >= 11 is 0. The topological polar surface area (TPSA) is 110 Å². The summed E-state index contributed by atoms with van der Waals surface area (Å²) in [4.78, 5) is 25.2. The fraction of sp³-hybridized carbons (Fsp3) is 0.818. The van der Waals surface area contributed by atoms with Gasteiger partial charge in [-0.1, -0.05) is 6.92 Å². The molecule has 1 fully saturated rings. The molecule has 0 aromatic carbocycles. The molecular formula is C11H21N3O4S. The summed E-state index contributed by atoms with van der Waals surface area (Å²) in [5.41, 5.74) is 5.73. The van der Waals surface area contributed by atoms with Crippen molar-refractivity contribution >= 4 is 21.7 Å².